The number of hydrogen-bond donors (Lipinski definition) is 18. The molecular weight excluding hydrogens is 1260 g/mol. The monoisotopic (exact) mass is 1320 g/mol. The Morgan fingerprint density at radius 3 is 1.88 bits per heavy atom. The molecule has 17 atom stereocenters. The van der Waals surface area contributed by atoms with Crippen molar-refractivity contribution in [2.75, 3.05) is 6.61 Å². The quantitative estimate of drug-likeness (QED) is 0.0915. The summed E-state index contributed by atoms with van der Waals surface area (Å²) in [4.78, 5) is 100. The van der Waals surface area contributed by atoms with E-state index in [0.717, 1.165) is 66.7 Å². The first-order valence-corrected chi connectivity index (χ1v) is 28.9. The molecule has 6 amide bonds. The second-order valence-corrected chi connectivity index (χ2v) is 23.6. The van der Waals surface area contributed by atoms with Crippen molar-refractivity contribution in [3.05, 3.63) is 117 Å². The number of carboxylic acid groups (broad SMARTS) is 1. The van der Waals surface area contributed by atoms with Gasteiger partial charge in [0.2, 0.25) is 47.5 Å². The molecule has 0 saturated carbocycles. The topological polar surface area (TPSA) is 515 Å². The molecule has 490 valence electrons. The molecule has 0 radical (unpaired) electrons. The predicted octanol–water partition coefficient (Wildman–Crippen LogP) is -0.685. The Balaban J connectivity index is 1.24. The lowest BCUT2D eigenvalue weighted by Gasteiger charge is -2.47. The third kappa shape index (κ3) is 13.2. The number of primary amides is 1. The van der Waals surface area contributed by atoms with Gasteiger partial charge in [-0.25, -0.2) is 4.79 Å². The Labute approximate surface area is 529 Å². The number of benzene rings is 5. The van der Waals surface area contributed by atoms with Crippen LogP contribution in [0.2, 0.25) is 10.0 Å². The molecule has 7 aliphatic heterocycles. The van der Waals surface area contributed by atoms with Crippen LogP contribution in [0.4, 0.5) is 0 Å². The number of amides is 6. The van der Waals surface area contributed by atoms with Gasteiger partial charge in [-0.3, -0.25) is 28.8 Å². The first-order chi connectivity index (χ1) is 43.4. The number of carbonyl (C=O) groups excluding carboxylic acids is 6. The summed E-state index contributed by atoms with van der Waals surface area (Å²) in [5.41, 5.74) is 14.3. The number of aliphatic hydroxyl groups is 6. The Kier molecular flexibility index (Phi) is 18.8. The molecule has 2 fully saturated rings. The summed E-state index contributed by atoms with van der Waals surface area (Å²) >= 11 is 13.9. The van der Waals surface area contributed by atoms with Crippen LogP contribution in [-0.4, -0.2) is 172 Å². The van der Waals surface area contributed by atoms with E-state index in [9.17, 15) is 75.0 Å². The Morgan fingerprint density at radius 2 is 1.28 bits per heavy atom. The van der Waals surface area contributed by atoms with Crippen molar-refractivity contribution >= 4 is 64.6 Å². The van der Waals surface area contributed by atoms with Gasteiger partial charge < -0.3 is 123 Å². The van der Waals surface area contributed by atoms with Gasteiger partial charge in [-0.15, -0.1) is 0 Å². The van der Waals surface area contributed by atoms with Crippen LogP contribution >= 0.6 is 23.2 Å². The molecule has 12 rings (SSSR count). The summed E-state index contributed by atoms with van der Waals surface area (Å²) < 4.78 is 38.0. The fourth-order valence-corrected chi connectivity index (χ4v) is 11.7. The van der Waals surface area contributed by atoms with Crippen LogP contribution in [0.5, 0.6) is 46.0 Å². The lowest BCUT2D eigenvalue weighted by Crippen LogP contribution is -2.64. The van der Waals surface area contributed by atoms with Crippen molar-refractivity contribution < 1.29 is 113 Å². The van der Waals surface area contributed by atoms with Crippen LogP contribution < -0.4 is 58.0 Å². The zero-order chi connectivity index (χ0) is 66.7. The molecule has 0 aromatic heterocycles. The maximum Gasteiger partial charge on any atom is 0.330 e. The second kappa shape index (κ2) is 26.1. The molecule has 7 aliphatic rings. The Bertz CT molecular complexity index is 3790. The van der Waals surface area contributed by atoms with Crippen LogP contribution in [-0.2, 0) is 47.8 Å². The highest BCUT2D eigenvalue weighted by molar-refractivity contribution is 6.32. The van der Waals surface area contributed by atoms with Gasteiger partial charge in [0.25, 0.3) is 0 Å². The first kappa shape index (κ1) is 66.3. The van der Waals surface area contributed by atoms with Crippen LogP contribution in [0, 0.1) is 0 Å². The predicted molar refractivity (Wildman–Crippen MR) is 313 cm³/mol. The number of nitrogens with two attached hydrogens (primary N) is 3. The molecule has 2 saturated heterocycles. The van der Waals surface area contributed by atoms with E-state index in [1.165, 1.54) is 26.0 Å². The number of phenols is 3. The molecular formula is C59H62Cl2N8O23. The fraction of sp³-hybridized carbons (Fsp3) is 0.373. The SMILES string of the molecule is CC1OC(O[C@H]2[C@H](Oc3c4cc5cc3Oc3ccc(cc3Cl)C(O)C3NC(=O)C(NC(=O)C5NC(=O)C(CC(N)=O)NC(=O)C(N)C(O)c5ccc(c(Cl)c5)O4)c4ccc(O)c(c4)-c4c(O)cc(O)cc4C(C(=O)O)NC3=O)O[C@H](CO)[C@@H](O)[C@@H]2O)CC(C)(N)C1O. The Morgan fingerprint density at radius 1 is 0.685 bits per heavy atom. The van der Waals surface area contributed by atoms with E-state index in [1.54, 1.807) is 0 Å². The van der Waals surface area contributed by atoms with Crippen LogP contribution in [0.25, 0.3) is 11.1 Å². The largest absolute Gasteiger partial charge is 0.508 e. The molecule has 11 bridgehead atoms. The number of carboxylic acids is 1. The molecule has 5 aromatic carbocycles. The van der Waals surface area contributed by atoms with Crippen molar-refractivity contribution in [1.82, 2.24) is 26.6 Å². The van der Waals surface area contributed by atoms with Crippen LogP contribution in [0.15, 0.2) is 78.9 Å². The molecule has 31 nitrogen and oxygen atoms in total. The van der Waals surface area contributed by atoms with Gasteiger partial charge in [-0.1, -0.05) is 41.4 Å². The number of aromatic hydroxyl groups is 3. The van der Waals surface area contributed by atoms with E-state index in [4.69, 9.17) is 68.8 Å². The minimum atomic E-state index is -2.28. The number of phenolic OH excluding ortho intramolecular Hbond substituents is 3. The molecule has 0 aliphatic carbocycles. The fourth-order valence-electron chi connectivity index (χ4n) is 11.3. The lowest BCUT2D eigenvalue weighted by molar-refractivity contribution is -0.333. The van der Waals surface area contributed by atoms with Gasteiger partial charge >= 0.3 is 5.97 Å². The highest BCUT2D eigenvalue weighted by atomic mass is 35.5. The van der Waals surface area contributed by atoms with Crippen LogP contribution in [0.1, 0.15) is 84.8 Å². The summed E-state index contributed by atoms with van der Waals surface area (Å²) in [6, 6.07) is 0.765. The van der Waals surface area contributed by atoms with E-state index < -0.39 is 219 Å². The molecule has 21 N–H and O–H groups in total. The highest BCUT2D eigenvalue weighted by Gasteiger charge is 2.51. The maximum absolute atomic E-state index is 15.8. The van der Waals surface area contributed by atoms with E-state index in [2.05, 4.69) is 26.6 Å². The van der Waals surface area contributed by atoms with E-state index in [0.29, 0.717) is 0 Å². The van der Waals surface area contributed by atoms with Crippen molar-refractivity contribution in [1.29, 1.82) is 0 Å². The average molecular weight is 1320 g/mol. The molecule has 33 heteroatoms. The third-order valence-corrected chi connectivity index (χ3v) is 16.7. The van der Waals surface area contributed by atoms with E-state index >= 15 is 9.59 Å². The number of hydrogen-bond acceptors (Lipinski definition) is 24. The van der Waals surface area contributed by atoms with Gasteiger partial charge in [0, 0.05) is 34.7 Å². The highest BCUT2D eigenvalue weighted by Crippen LogP contribution is 2.50. The van der Waals surface area contributed by atoms with E-state index in [-0.39, 0.29) is 39.6 Å². The summed E-state index contributed by atoms with van der Waals surface area (Å²) in [6.07, 6.45) is -18.3. The smallest absolute Gasteiger partial charge is 0.330 e. The number of rotatable bonds is 8. The molecule has 7 heterocycles. The minimum Gasteiger partial charge on any atom is -0.508 e. The number of halogens is 2. The average Bonchev–Trinajstić information content (AvgIpc) is 0.781. The molecule has 5 aromatic rings. The summed E-state index contributed by atoms with van der Waals surface area (Å²) in [6.45, 7) is 2.05. The lowest BCUT2D eigenvalue weighted by atomic mass is 9.86. The third-order valence-electron chi connectivity index (χ3n) is 16.1. The molecule has 12 unspecified atom stereocenters. The number of nitrogens with one attached hydrogen (secondary N) is 5. The van der Waals surface area contributed by atoms with Crippen molar-refractivity contribution in [3.8, 4) is 57.1 Å². The Hall–Kier alpha value is -8.67. The minimum absolute atomic E-state index is 0.0953. The van der Waals surface area contributed by atoms with Gasteiger partial charge in [0.05, 0.1) is 35.3 Å². The number of ether oxygens (including phenoxy) is 6. The summed E-state index contributed by atoms with van der Waals surface area (Å²) in [5, 5.41) is 124. The number of fused-ring (bicyclic) bond motifs is 15. The summed E-state index contributed by atoms with van der Waals surface area (Å²) in [5.74, 6) is -14.7. The van der Waals surface area contributed by atoms with Crippen molar-refractivity contribution in [2.45, 2.75) is 130 Å². The summed E-state index contributed by atoms with van der Waals surface area (Å²) in [7, 11) is 0. The number of aliphatic hydroxyl groups excluding tert-OH is 6. The number of aliphatic carboxylic acids is 1. The van der Waals surface area contributed by atoms with Gasteiger partial charge in [0.1, 0.15) is 89.5 Å². The van der Waals surface area contributed by atoms with Gasteiger partial charge in [-0.2, -0.15) is 0 Å². The van der Waals surface area contributed by atoms with Crippen molar-refractivity contribution in [3.63, 3.8) is 0 Å². The zero-order valence-corrected chi connectivity index (χ0v) is 49.6. The maximum atomic E-state index is 15.8. The number of carbonyl (C=O) groups is 7. The molecule has 92 heavy (non-hydrogen) atoms. The first-order valence-electron chi connectivity index (χ1n) is 28.2. The molecule has 0 spiro atoms. The van der Waals surface area contributed by atoms with Gasteiger partial charge in [0.15, 0.2) is 29.9 Å². The van der Waals surface area contributed by atoms with Gasteiger partial charge in [-0.05, 0) is 90.7 Å². The second-order valence-electron chi connectivity index (χ2n) is 22.8. The van der Waals surface area contributed by atoms with Crippen LogP contribution in [0.3, 0.4) is 0 Å². The van der Waals surface area contributed by atoms with E-state index in [1.807, 2.05) is 0 Å². The standard InChI is InChI=1S/C59H62Cl2N8O23/c1-19-51(79)59(2,64)17-38(87-19)91-50-48(78)47(77)36(18-70)90-58(50)92-49-34-12-23-13-35(49)89-33-8-5-22(11-28(33)61)46(76)44-56(84)68-43(57(85)86)26-14-24(71)15-31(73)39(26)25-9-20(3-6-30(25)72)41(54(82)69-44)67-55(83)42(23)66-52(80)29(16-37(62)74)65-53(81)40(63)45(75)21-4-7-32(88-34)27(60)10-21/h3-15,19,29,36,38,40-48,50-51,58,70-73,75-79H,16-18,63-64H2,1-2H3,(H2,62,74)(H,65,81)(H,66,80)(H,67,83)(H,68,84)(H,69,82)(H,85,86)/t19?,29?,36-,38?,40?,41?,42?,43?,44?,45?,46?,47-,48+,50-,51?,58+,59?/m1/s1. The normalized spacial score (nSPS) is 30.8. The van der Waals surface area contributed by atoms with Crippen molar-refractivity contribution in [2.24, 2.45) is 17.2 Å². The zero-order valence-electron chi connectivity index (χ0n) is 48.1.